The second kappa shape index (κ2) is 7.92. The van der Waals surface area contributed by atoms with Crippen LogP contribution in [-0.2, 0) is 16.0 Å². The van der Waals surface area contributed by atoms with Crippen molar-refractivity contribution in [1.82, 2.24) is 9.88 Å². The number of ketones is 3. The third kappa shape index (κ3) is 3.76. The molecule has 0 saturated heterocycles. The number of rotatable bonds is 5. The smallest absolute Gasteiger partial charge is 0.262 e. The van der Waals surface area contributed by atoms with E-state index in [-0.39, 0.29) is 48.4 Å². The molecule has 2 aromatic rings. The van der Waals surface area contributed by atoms with Crippen LogP contribution < -0.4 is 0 Å². The van der Waals surface area contributed by atoms with E-state index in [1.807, 2.05) is 0 Å². The minimum Gasteiger partial charge on any atom is -0.299 e. The van der Waals surface area contributed by atoms with E-state index in [1.165, 1.54) is 0 Å². The second-order valence-corrected chi connectivity index (χ2v) is 8.94. The van der Waals surface area contributed by atoms with Crippen LogP contribution in [-0.4, -0.2) is 44.6 Å². The number of hydrogen-bond donors (Lipinski definition) is 0. The molecule has 1 fully saturated rings. The lowest BCUT2D eigenvalue weighted by Gasteiger charge is -2.38. The molecule has 7 nitrogen and oxygen atoms in total. The molecule has 1 atom stereocenters. The van der Waals surface area contributed by atoms with Crippen LogP contribution in [0, 0.1) is 0 Å². The molecule has 2 heterocycles. The van der Waals surface area contributed by atoms with Gasteiger partial charge in [0.25, 0.3) is 11.8 Å². The van der Waals surface area contributed by atoms with Gasteiger partial charge in [0.2, 0.25) is 0 Å². The summed E-state index contributed by atoms with van der Waals surface area (Å²) in [5.41, 5.74) is 0.246. The number of fused-ring (bicyclic) bond motifs is 1. The third-order valence-electron chi connectivity index (χ3n) is 5.95. The minimum absolute atomic E-state index is 0.123. The van der Waals surface area contributed by atoms with Crippen molar-refractivity contribution in [1.29, 1.82) is 0 Å². The zero-order chi connectivity index (χ0) is 22.3. The number of pyridine rings is 1. The zero-order valence-electron chi connectivity index (χ0n) is 16.8. The van der Waals surface area contributed by atoms with E-state index in [0.717, 1.165) is 14.9 Å². The maximum absolute atomic E-state index is 13.1. The van der Waals surface area contributed by atoms with Crippen molar-refractivity contribution in [3.05, 3.63) is 63.4 Å². The van der Waals surface area contributed by atoms with Gasteiger partial charge in [0, 0.05) is 23.5 Å². The molecule has 0 radical (unpaired) electrons. The fourth-order valence-corrected chi connectivity index (χ4v) is 4.27. The minimum atomic E-state index is -1.32. The van der Waals surface area contributed by atoms with Crippen LogP contribution in [0.15, 0.2) is 41.0 Å². The van der Waals surface area contributed by atoms with Crippen LogP contribution in [0.25, 0.3) is 0 Å². The topological polar surface area (TPSA) is 101 Å². The van der Waals surface area contributed by atoms with Gasteiger partial charge in [0.05, 0.1) is 17.5 Å². The number of hydrogen-bond acceptors (Lipinski definition) is 6. The van der Waals surface area contributed by atoms with Gasteiger partial charge in [-0.05, 0) is 65.5 Å². The Hall–Kier alpha value is -3.00. The lowest BCUT2D eigenvalue weighted by Crippen LogP contribution is -2.57. The molecule has 0 bridgehead atoms. The van der Waals surface area contributed by atoms with Gasteiger partial charge in [-0.2, -0.15) is 0 Å². The molecule has 4 rings (SSSR count). The molecule has 0 spiro atoms. The Morgan fingerprint density at radius 2 is 1.84 bits per heavy atom. The van der Waals surface area contributed by atoms with Gasteiger partial charge in [-0.1, -0.05) is 6.07 Å². The number of aryl methyl sites for hydroxylation is 1. The first kappa shape index (κ1) is 21.2. The molecule has 2 amide bonds. The zero-order valence-corrected chi connectivity index (χ0v) is 18.4. The molecule has 1 saturated carbocycles. The van der Waals surface area contributed by atoms with Crippen molar-refractivity contribution < 1.29 is 24.0 Å². The predicted octanol–water partition coefficient (Wildman–Crippen LogP) is 3.34. The van der Waals surface area contributed by atoms with Crippen LogP contribution >= 0.6 is 15.9 Å². The Labute approximate surface area is 187 Å². The number of nitrogens with zero attached hydrogens (tertiary/aromatic N) is 2. The molecule has 1 aromatic heterocycles. The summed E-state index contributed by atoms with van der Waals surface area (Å²) in [6.07, 6.45) is 2.18. The van der Waals surface area contributed by atoms with E-state index in [2.05, 4.69) is 20.9 Å². The highest BCUT2D eigenvalue weighted by Crippen LogP contribution is 2.36. The number of halogens is 1. The van der Waals surface area contributed by atoms with Gasteiger partial charge in [-0.3, -0.25) is 33.9 Å². The van der Waals surface area contributed by atoms with E-state index in [0.29, 0.717) is 12.1 Å². The Morgan fingerprint density at radius 1 is 1.10 bits per heavy atom. The largest absolute Gasteiger partial charge is 0.299 e. The van der Waals surface area contributed by atoms with Crippen molar-refractivity contribution in [2.75, 3.05) is 0 Å². The normalized spacial score (nSPS) is 20.9. The molecule has 2 aliphatic rings. The molecular formula is C23H19BrN2O5. The Bertz CT molecular complexity index is 1140. The van der Waals surface area contributed by atoms with E-state index in [4.69, 9.17) is 0 Å². The SMILES string of the molecule is C[C@]1(N2C(=O)c3ccc(CCC(=O)c4ccc(Br)cn4)cc3C2=O)CCC(=O)CC1=O. The number of carbonyl (C=O) groups excluding carboxylic acids is 5. The van der Waals surface area contributed by atoms with Crippen LogP contribution in [0.2, 0.25) is 0 Å². The van der Waals surface area contributed by atoms with Crippen molar-refractivity contribution in [3.63, 3.8) is 0 Å². The molecule has 1 aliphatic heterocycles. The first-order chi connectivity index (χ1) is 14.7. The average Bonchev–Trinajstić information content (AvgIpc) is 3.00. The number of carbonyl (C=O) groups is 5. The standard InChI is InChI=1S/C23H19BrN2O5/c1-23(9-8-15(27)11-20(23)29)26-21(30)16-5-2-13(10-17(16)22(26)31)3-7-19(28)18-6-4-14(24)12-25-18/h2,4-6,10,12H,3,7-9,11H2,1H3/t23-/m0/s1. The van der Waals surface area contributed by atoms with Gasteiger partial charge < -0.3 is 0 Å². The first-order valence-corrected chi connectivity index (χ1v) is 10.7. The molecular weight excluding hydrogens is 464 g/mol. The maximum Gasteiger partial charge on any atom is 0.262 e. The number of benzene rings is 1. The van der Waals surface area contributed by atoms with Crippen LogP contribution in [0.3, 0.4) is 0 Å². The maximum atomic E-state index is 13.1. The van der Waals surface area contributed by atoms with Crippen molar-refractivity contribution in [2.45, 2.75) is 44.6 Å². The molecule has 0 unspecified atom stereocenters. The summed E-state index contributed by atoms with van der Waals surface area (Å²) < 4.78 is 0.782. The summed E-state index contributed by atoms with van der Waals surface area (Å²) in [6.45, 7) is 1.55. The molecule has 0 N–H and O–H groups in total. The Balaban J connectivity index is 1.53. The van der Waals surface area contributed by atoms with Crippen LogP contribution in [0.4, 0.5) is 0 Å². The van der Waals surface area contributed by atoms with Crippen LogP contribution in [0.5, 0.6) is 0 Å². The van der Waals surface area contributed by atoms with Gasteiger partial charge in [0.15, 0.2) is 11.6 Å². The third-order valence-corrected chi connectivity index (χ3v) is 6.42. The second-order valence-electron chi connectivity index (χ2n) is 8.02. The van der Waals surface area contributed by atoms with E-state index < -0.39 is 23.1 Å². The van der Waals surface area contributed by atoms with Crippen molar-refractivity contribution >= 4 is 45.1 Å². The van der Waals surface area contributed by atoms with Crippen molar-refractivity contribution in [2.24, 2.45) is 0 Å². The highest BCUT2D eigenvalue weighted by atomic mass is 79.9. The fraction of sp³-hybridized carbons (Fsp3) is 0.304. The summed E-state index contributed by atoms with van der Waals surface area (Å²) in [6, 6.07) is 8.27. The Morgan fingerprint density at radius 3 is 2.52 bits per heavy atom. The molecule has 158 valence electrons. The highest BCUT2D eigenvalue weighted by molar-refractivity contribution is 9.10. The predicted molar refractivity (Wildman–Crippen MR) is 114 cm³/mol. The van der Waals surface area contributed by atoms with E-state index in [1.54, 1.807) is 43.5 Å². The average molecular weight is 483 g/mol. The molecule has 1 aliphatic carbocycles. The van der Waals surface area contributed by atoms with Gasteiger partial charge in [0.1, 0.15) is 17.0 Å². The van der Waals surface area contributed by atoms with E-state index >= 15 is 0 Å². The summed E-state index contributed by atoms with van der Waals surface area (Å²) in [7, 11) is 0. The molecule has 31 heavy (non-hydrogen) atoms. The number of amides is 2. The Kier molecular flexibility index (Phi) is 5.43. The van der Waals surface area contributed by atoms with Crippen LogP contribution in [0.1, 0.15) is 69.4 Å². The lowest BCUT2D eigenvalue weighted by atomic mass is 9.80. The van der Waals surface area contributed by atoms with Gasteiger partial charge in [-0.25, -0.2) is 0 Å². The summed E-state index contributed by atoms with van der Waals surface area (Å²) in [4.78, 5) is 67.6. The molecule has 8 heteroatoms. The summed E-state index contributed by atoms with van der Waals surface area (Å²) in [5.74, 6) is -1.76. The number of imide groups is 1. The number of aromatic nitrogens is 1. The summed E-state index contributed by atoms with van der Waals surface area (Å²) in [5, 5.41) is 0. The first-order valence-electron chi connectivity index (χ1n) is 9.92. The summed E-state index contributed by atoms with van der Waals surface area (Å²) >= 11 is 3.28. The van der Waals surface area contributed by atoms with Crippen molar-refractivity contribution in [3.8, 4) is 0 Å². The monoisotopic (exact) mass is 482 g/mol. The lowest BCUT2D eigenvalue weighted by molar-refractivity contribution is -0.137. The number of Topliss-reactive ketones (excluding diaryl/α,β-unsaturated/α-hetero) is 3. The molecule has 1 aromatic carbocycles. The highest BCUT2D eigenvalue weighted by Gasteiger charge is 2.52. The quantitative estimate of drug-likeness (QED) is 0.367. The van der Waals surface area contributed by atoms with Gasteiger partial charge in [-0.15, -0.1) is 0 Å². The van der Waals surface area contributed by atoms with E-state index in [9.17, 15) is 24.0 Å². The fourth-order valence-electron chi connectivity index (χ4n) is 4.04. The van der Waals surface area contributed by atoms with Gasteiger partial charge >= 0.3 is 0 Å².